The van der Waals surface area contributed by atoms with Crippen molar-refractivity contribution in [2.24, 2.45) is 0 Å². The van der Waals surface area contributed by atoms with Crippen LogP contribution >= 0.6 is 0 Å². The molecule has 1 atom stereocenters. The van der Waals surface area contributed by atoms with Crippen LogP contribution in [-0.2, 0) is 6.42 Å². The monoisotopic (exact) mass is 299 g/mol. The molecular formula is C18H22FN3. The number of benzene rings is 1. The summed E-state index contributed by atoms with van der Waals surface area (Å²) < 4.78 is 13.3. The van der Waals surface area contributed by atoms with Gasteiger partial charge in [-0.25, -0.2) is 14.4 Å². The second kappa shape index (κ2) is 6.53. The predicted octanol–water partition coefficient (Wildman–Crippen LogP) is 3.29. The molecule has 1 aromatic carbocycles. The van der Waals surface area contributed by atoms with Gasteiger partial charge in [-0.2, -0.15) is 0 Å². The molecule has 4 heteroatoms. The van der Waals surface area contributed by atoms with E-state index in [1.807, 2.05) is 6.07 Å². The van der Waals surface area contributed by atoms with Crippen LogP contribution in [0, 0.1) is 19.7 Å². The Bertz CT molecular complexity index is 640. The molecule has 0 amide bonds. The number of piperidine rings is 1. The van der Waals surface area contributed by atoms with Crippen LogP contribution in [-0.4, -0.2) is 23.1 Å². The van der Waals surface area contributed by atoms with Crippen LogP contribution in [0.1, 0.15) is 47.1 Å². The van der Waals surface area contributed by atoms with E-state index in [1.165, 1.54) is 24.5 Å². The molecule has 1 aliphatic rings. The van der Waals surface area contributed by atoms with Crippen molar-refractivity contribution in [3.8, 4) is 0 Å². The van der Waals surface area contributed by atoms with Gasteiger partial charge in [-0.3, -0.25) is 0 Å². The molecule has 22 heavy (non-hydrogen) atoms. The molecule has 0 saturated carbocycles. The molecular weight excluding hydrogens is 277 g/mol. The van der Waals surface area contributed by atoms with Gasteiger partial charge in [-0.1, -0.05) is 12.1 Å². The first kappa shape index (κ1) is 15.1. The van der Waals surface area contributed by atoms with Crippen LogP contribution in [0.2, 0.25) is 0 Å². The number of nitrogens with one attached hydrogen (secondary N) is 1. The van der Waals surface area contributed by atoms with Gasteiger partial charge in [0.25, 0.3) is 0 Å². The third-order valence-corrected chi connectivity index (χ3v) is 4.33. The minimum atomic E-state index is -0.212. The molecule has 1 saturated heterocycles. The molecule has 2 heterocycles. The van der Waals surface area contributed by atoms with Crippen molar-refractivity contribution < 1.29 is 4.39 Å². The summed E-state index contributed by atoms with van der Waals surface area (Å²) in [5, 5.41) is 3.45. The second-order valence-corrected chi connectivity index (χ2v) is 6.07. The Labute approximate surface area is 131 Å². The SMILES string of the molecule is Cc1nc(Cc2cccc(F)c2)nc(C)c1C1CCCNC1. The van der Waals surface area contributed by atoms with Crippen molar-refractivity contribution >= 4 is 0 Å². The number of hydrogen-bond acceptors (Lipinski definition) is 3. The van der Waals surface area contributed by atoms with Crippen molar-refractivity contribution in [1.29, 1.82) is 0 Å². The highest BCUT2D eigenvalue weighted by Crippen LogP contribution is 2.27. The molecule has 0 spiro atoms. The summed E-state index contributed by atoms with van der Waals surface area (Å²) in [6.07, 6.45) is 2.97. The first-order valence-electron chi connectivity index (χ1n) is 7.92. The first-order chi connectivity index (χ1) is 10.6. The Morgan fingerprint density at radius 2 is 2.00 bits per heavy atom. The zero-order chi connectivity index (χ0) is 15.5. The molecule has 1 aromatic heterocycles. The van der Waals surface area contributed by atoms with Gasteiger partial charge in [0.15, 0.2) is 0 Å². The summed E-state index contributed by atoms with van der Waals surface area (Å²) in [7, 11) is 0. The standard InChI is InChI=1S/C18H22FN3/c1-12-18(15-6-4-8-20-11-15)13(2)22-17(21-12)10-14-5-3-7-16(19)9-14/h3,5,7,9,15,20H,4,6,8,10-11H2,1-2H3. The lowest BCUT2D eigenvalue weighted by Gasteiger charge is -2.25. The van der Waals surface area contributed by atoms with E-state index in [9.17, 15) is 4.39 Å². The molecule has 0 aliphatic carbocycles. The lowest BCUT2D eigenvalue weighted by Crippen LogP contribution is -2.29. The summed E-state index contributed by atoms with van der Waals surface area (Å²) in [6.45, 7) is 6.24. The van der Waals surface area contributed by atoms with Crippen LogP contribution in [0.5, 0.6) is 0 Å². The Balaban J connectivity index is 1.85. The lowest BCUT2D eigenvalue weighted by atomic mass is 9.89. The predicted molar refractivity (Wildman–Crippen MR) is 85.6 cm³/mol. The fraction of sp³-hybridized carbons (Fsp3) is 0.444. The minimum absolute atomic E-state index is 0.212. The van der Waals surface area contributed by atoms with E-state index in [4.69, 9.17) is 0 Å². The van der Waals surface area contributed by atoms with E-state index in [2.05, 4.69) is 29.1 Å². The molecule has 1 unspecified atom stereocenters. The second-order valence-electron chi connectivity index (χ2n) is 6.07. The van der Waals surface area contributed by atoms with Crippen LogP contribution in [0.4, 0.5) is 4.39 Å². The molecule has 3 rings (SSSR count). The van der Waals surface area contributed by atoms with Gasteiger partial charge in [0.2, 0.25) is 0 Å². The van der Waals surface area contributed by atoms with Gasteiger partial charge in [0, 0.05) is 24.4 Å². The first-order valence-corrected chi connectivity index (χ1v) is 7.92. The molecule has 2 aromatic rings. The molecule has 1 aliphatic heterocycles. The summed E-state index contributed by atoms with van der Waals surface area (Å²) in [6, 6.07) is 6.65. The number of aromatic nitrogens is 2. The summed E-state index contributed by atoms with van der Waals surface area (Å²) >= 11 is 0. The van der Waals surface area contributed by atoms with Crippen molar-refractivity contribution in [2.75, 3.05) is 13.1 Å². The Kier molecular flexibility index (Phi) is 4.48. The lowest BCUT2D eigenvalue weighted by molar-refractivity contribution is 0.456. The van der Waals surface area contributed by atoms with Crippen LogP contribution in [0.25, 0.3) is 0 Å². The summed E-state index contributed by atoms with van der Waals surface area (Å²) in [5.74, 6) is 1.07. The third kappa shape index (κ3) is 3.33. The van der Waals surface area contributed by atoms with E-state index < -0.39 is 0 Å². The number of halogens is 1. The van der Waals surface area contributed by atoms with E-state index in [-0.39, 0.29) is 5.82 Å². The molecule has 116 valence electrons. The van der Waals surface area contributed by atoms with Gasteiger partial charge in [0.05, 0.1) is 0 Å². The van der Waals surface area contributed by atoms with Crippen LogP contribution < -0.4 is 5.32 Å². The molecule has 3 nitrogen and oxygen atoms in total. The largest absolute Gasteiger partial charge is 0.316 e. The number of nitrogens with zero attached hydrogens (tertiary/aromatic N) is 2. The van der Waals surface area contributed by atoms with Crippen molar-refractivity contribution in [2.45, 2.75) is 39.0 Å². The fourth-order valence-electron chi connectivity index (χ4n) is 3.39. The molecule has 1 fully saturated rings. The highest BCUT2D eigenvalue weighted by molar-refractivity contribution is 5.30. The van der Waals surface area contributed by atoms with Crippen molar-refractivity contribution in [3.63, 3.8) is 0 Å². The number of hydrogen-bond donors (Lipinski definition) is 1. The van der Waals surface area contributed by atoms with Crippen molar-refractivity contribution in [1.82, 2.24) is 15.3 Å². The zero-order valence-corrected chi connectivity index (χ0v) is 13.2. The van der Waals surface area contributed by atoms with Crippen LogP contribution in [0.15, 0.2) is 24.3 Å². The van der Waals surface area contributed by atoms with Crippen LogP contribution in [0.3, 0.4) is 0 Å². The Hall–Kier alpha value is -1.81. The van der Waals surface area contributed by atoms with Gasteiger partial charge in [0.1, 0.15) is 11.6 Å². The quantitative estimate of drug-likeness (QED) is 0.945. The maximum Gasteiger partial charge on any atom is 0.133 e. The molecule has 0 bridgehead atoms. The smallest absolute Gasteiger partial charge is 0.133 e. The Morgan fingerprint density at radius 1 is 1.23 bits per heavy atom. The van der Waals surface area contributed by atoms with E-state index in [0.29, 0.717) is 12.3 Å². The Morgan fingerprint density at radius 3 is 2.64 bits per heavy atom. The topological polar surface area (TPSA) is 37.8 Å². The zero-order valence-electron chi connectivity index (χ0n) is 13.2. The maximum atomic E-state index is 13.3. The van der Waals surface area contributed by atoms with E-state index >= 15 is 0 Å². The highest BCUT2D eigenvalue weighted by Gasteiger charge is 2.21. The maximum absolute atomic E-state index is 13.3. The summed E-state index contributed by atoms with van der Waals surface area (Å²) in [4.78, 5) is 9.35. The minimum Gasteiger partial charge on any atom is -0.316 e. The fourth-order valence-corrected chi connectivity index (χ4v) is 3.39. The van der Waals surface area contributed by atoms with E-state index in [0.717, 1.165) is 35.9 Å². The van der Waals surface area contributed by atoms with Gasteiger partial charge in [-0.05, 0) is 62.4 Å². The van der Waals surface area contributed by atoms with Gasteiger partial charge < -0.3 is 5.32 Å². The highest BCUT2D eigenvalue weighted by atomic mass is 19.1. The summed E-state index contributed by atoms with van der Waals surface area (Å²) in [5.41, 5.74) is 4.32. The molecule has 0 radical (unpaired) electrons. The van der Waals surface area contributed by atoms with Gasteiger partial charge in [-0.15, -0.1) is 0 Å². The number of aryl methyl sites for hydroxylation is 2. The molecule has 1 N–H and O–H groups in total. The van der Waals surface area contributed by atoms with Crippen molar-refractivity contribution in [3.05, 3.63) is 58.4 Å². The third-order valence-electron chi connectivity index (χ3n) is 4.33. The number of rotatable bonds is 3. The normalized spacial score (nSPS) is 18.4. The van der Waals surface area contributed by atoms with Gasteiger partial charge >= 0.3 is 0 Å². The van der Waals surface area contributed by atoms with E-state index in [1.54, 1.807) is 12.1 Å². The average Bonchev–Trinajstić information content (AvgIpc) is 2.47. The average molecular weight is 299 g/mol.